The number of rotatable bonds is 6. The molecule has 3 heterocycles. The Kier molecular flexibility index (Phi) is 5.23. The highest BCUT2D eigenvalue weighted by Gasteiger charge is 2.19. The number of hydrogen-bond acceptors (Lipinski definition) is 5. The third kappa shape index (κ3) is 4.28. The lowest BCUT2D eigenvalue weighted by molar-refractivity contribution is 0.0793. The van der Waals surface area contributed by atoms with Gasteiger partial charge < -0.3 is 10.2 Å². The van der Waals surface area contributed by atoms with E-state index in [4.69, 9.17) is 0 Å². The van der Waals surface area contributed by atoms with Crippen molar-refractivity contribution in [1.82, 2.24) is 14.9 Å². The van der Waals surface area contributed by atoms with Crippen molar-refractivity contribution in [2.75, 3.05) is 25.0 Å². The lowest BCUT2D eigenvalue weighted by Gasteiger charge is -2.15. The van der Waals surface area contributed by atoms with Gasteiger partial charge in [0.2, 0.25) is 0 Å². The Morgan fingerprint density at radius 2 is 2.22 bits per heavy atom. The SMILES string of the molecule is Cc1csc(CCCNc2cc(C(=O)N3CCCC3)ccn2)n1. The van der Waals surface area contributed by atoms with Crippen molar-refractivity contribution in [2.45, 2.75) is 32.6 Å². The van der Waals surface area contributed by atoms with Crippen LogP contribution in [0.25, 0.3) is 0 Å². The first-order valence-electron chi connectivity index (χ1n) is 8.12. The van der Waals surface area contributed by atoms with Crippen LogP contribution in [0.15, 0.2) is 23.7 Å². The van der Waals surface area contributed by atoms with Crippen molar-refractivity contribution in [3.05, 3.63) is 40.0 Å². The maximum absolute atomic E-state index is 12.4. The number of hydrogen-bond donors (Lipinski definition) is 1. The average Bonchev–Trinajstić information content (AvgIpc) is 3.23. The number of anilines is 1. The summed E-state index contributed by atoms with van der Waals surface area (Å²) in [5.41, 5.74) is 1.81. The third-order valence-electron chi connectivity index (χ3n) is 3.94. The quantitative estimate of drug-likeness (QED) is 0.827. The molecule has 0 aromatic carbocycles. The van der Waals surface area contributed by atoms with Crippen molar-refractivity contribution in [3.63, 3.8) is 0 Å². The molecule has 0 radical (unpaired) electrons. The maximum Gasteiger partial charge on any atom is 0.254 e. The lowest BCUT2D eigenvalue weighted by Crippen LogP contribution is -2.27. The van der Waals surface area contributed by atoms with Crippen molar-refractivity contribution in [2.24, 2.45) is 0 Å². The fraction of sp³-hybridized carbons (Fsp3) is 0.471. The van der Waals surface area contributed by atoms with Gasteiger partial charge in [-0.05, 0) is 38.3 Å². The molecule has 1 amide bonds. The van der Waals surface area contributed by atoms with Gasteiger partial charge in [-0.2, -0.15) is 0 Å². The highest BCUT2D eigenvalue weighted by molar-refractivity contribution is 7.09. The summed E-state index contributed by atoms with van der Waals surface area (Å²) >= 11 is 1.71. The fourth-order valence-corrected chi connectivity index (χ4v) is 3.55. The van der Waals surface area contributed by atoms with E-state index in [0.29, 0.717) is 0 Å². The van der Waals surface area contributed by atoms with Gasteiger partial charge >= 0.3 is 0 Å². The van der Waals surface area contributed by atoms with Gasteiger partial charge in [-0.25, -0.2) is 9.97 Å². The summed E-state index contributed by atoms with van der Waals surface area (Å²) in [6.07, 6.45) is 5.89. The van der Waals surface area contributed by atoms with Crippen LogP contribution in [0.5, 0.6) is 0 Å². The van der Waals surface area contributed by atoms with Crippen molar-refractivity contribution < 1.29 is 4.79 Å². The molecule has 3 rings (SSSR count). The summed E-state index contributed by atoms with van der Waals surface area (Å²) in [4.78, 5) is 23.1. The Hall–Kier alpha value is -1.95. The Morgan fingerprint density at radius 1 is 1.39 bits per heavy atom. The van der Waals surface area contributed by atoms with Gasteiger partial charge in [-0.1, -0.05) is 0 Å². The Labute approximate surface area is 140 Å². The van der Waals surface area contributed by atoms with E-state index >= 15 is 0 Å². The van der Waals surface area contributed by atoms with Crippen molar-refractivity contribution >= 4 is 23.1 Å². The Morgan fingerprint density at radius 3 is 2.96 bits per heavy atom. The first-order chi connectivity index (χ1) is 11.2. The molecule has 2 aromatic rings. The second-order valence-corrected chi connectivity index (χ2v) is 6.78. The molecule has 0 atom stereocenters. The van der Waals surface area contributed by atoms with E-state index in [-0.39, 0.29) is 5.91 Å². The fourth-order valence-electron chi connectivity index (χ4n) is 2.74. The van der Waals surface area contributed by atoms with Crippen LogP contribution in [-0.4, -0.2) is 40.4 Å². The zero-order chi connectivity index (χ0) is 16.1. The summed E-state index contributed by atoms with van der Waals surface area (Å²) < 4.78 is 0. The molecular formula is C17H22N4OS. The van der Waals surface area contributed by atoms with Gasteiger partial charge in [-0.15, -0.1) is 11.3 Å². The van der Waals surface area contributed by atoms with Gasteiger partial charge in [0.1, 0.15) is 5.82 Å². The number of carbonyl (C=O) groups excluding carboxylic acids is 1. The molecule has 6 heteroatoms. The number of carbonyl (C=O) groups is 1. The standard InChI is InChI=1S/C17H22N4OS/c1-13-12-23-16(20-13)5-4-7-18-15-11-14(6-8-19-15)17(22)21-9-2-3-10-21/h6,8,11-12H,2-5,7,9-10H2,1H3,(H,18,19). The van der Waals surface area contributed by atoms with E-state index in [1.807, 2.05) is 17.9 Å². The highest BCUT2D eigenvalue weighted by atomic mass is 32.1. The first kappa shape index (κ1) is 15.9. The maximum atomic E-state index is 12.4. The molecule has 122 valence electrons. The summed E-state index contributed by atoms with van der Waals surface area (Å²) in [6, 6.07) is 3.65. The number of pyridine rings is 1. The molecule has 23 heavy (non-hydrogen) atoms. The molecule has 0 unspecified atom stereocenters. The average molecular weight is 330 g/mol. The number of nitrogens with one attached hydrogen (secondary N) is 1. The van der Waals surface area contributed by atoms with Crippen LogP contribution in [-0.2, 0) is 6.42 Å². The number of aromatic nitrogens is 2. The molecule has 1 N–H and O–H groups in total. The molecule has 0 aliphatic carbocycles. The van der Waals surface area contributed by atoms with Crippen molar-refractivity contribution in [3.8, 4) is 0 Å². The largest absolute Gasteiger partial charge is 0.370 e. The zero-order valence-electron chi connectivity index (χ0n) is 13.4. The molecule has 0 saturated carbocycles. The summed E-state index contributed by atoms with van der Waals surface area (Å²) in [5.74, 6) is 0.886. The van der Waals surface area contributed by atoms with Crippen molar-refractivity contribution in [1.29, 1.82) is 0 Å². The molecule has 1 saturated heterocycles. The van der Waals surface area contributed by atoms with E-state index in [9.17, 15) is 4.79 Å². The minimum Gasteiger partial charge on any atom is -0.370 e. The van der Waals surface area contributed by atoms with E-state index in [0.717, 1.165) is 62.4 Å². The molecule has 1 aliphatic heterocycles. The smallest absolute Gasteiger partial charge is 0.254 e. The molecule has 2 aromatic heterocycles. The molecular weight excluding hydrogens is 308 g/mol. The van der Waals surface area contributed by atoms with Gasteiger partial charge in [-0.3, -0.25) is 4.79 Å². The van der Waals surface area contributed by atoms with Gasteiger partial charge in [0.05, 0.1) is 5.01 Å². The van der Waals surface area contributed by atoms with E-state index in [1.165, 1.54) is 5.01 Å². The molecule has 0 spiro atoms. The second kappa shape index (κ2) is 7.55. The van der Waals surface area contributed by atoms with Gasteiger partial charge in [0.25, 0.3) is 5.91 Å². The predicted molar refractivity (Wildman–Crippen MR) is 93.0 cm³/mol. The third-order valence-corrected chi connectivity index (χ3v) is 4.97. The number of likely N-dealkylation sites (tertiary alicyclic amines) is 1. The van der Waals surface area contributed by atoms with Crippen LogP contribution in [0.4, 0.5) is 5.82 Å². The Balaban J connectivity index is 1.50. The van der Waals surface area contributed by atoms with E-state index in [2.05, 4.69) is 20.7 Å². The summed E-state index contributed by atoms with van der Waals surface area (Å²) in [6.45, 7) is 4.59. The summed E-state index contributed by atoms with van der Waals surface area (Å²) in [5, 5.41) is 6.56. The molecule has 5 nitrogen and oxygen atoms in total. The van der Waals surface area contributed by atoms with Gasteiger partial charge in [0.15, 0.2) is 0 Å². The van der Waals surface area contributed by atoms with E-state index in [1.54, 1.807) is 23.6 Å². The zero-order valence-corrected chi connectivity index (χ0v) is 14.2. The van der Waals surface area contributed by atoms with Crippen LogP contribution >= 0.6 is 11.3 Å². The van der Waals surface area contributed by atoms with Crippen LogP contribution in [0.2, 0.25) is 0 Å². The number of amides is 1. The number of nitrogens with zero attached hydrogens (tertiary/aromatic N) is 3. The lowest BCUT2D eigenvalue weighted by atomic mass is 10.2. The normalized spacial score (nSPS) is 14.2. The Bertz CT molecular complexity index is 664. The van der Waals surface area contributed by atoms with Crippen LogP contribution in [0.1, 0.15) is 40.3 Å². The predicted octanol–water partition coefficient (Wildman–Crippen LogP) is 3.13. The molecule has 1 aliphatic rings. The minimum absolute atomic E-state index is 0.117. The highest BCUT2D eigenvalue weighted by Crippen LogP contribution is 2.15. The molecule has 1 fully saturated rings. The summed E-state index contributed by atoms with van der Waals surface area (Å²) in [7, 11) is 0. The second-order valence-electron chi connectivity index (χ2n) is 5.84. The van der Waals surface area contributed by atoms with Crippen LogP contribution < -0.4 is 5.32 Å². The van der Waals surface area contributed by atoms with Gasteiger partial charge in [0, 0.05) is 48.9 Å². The number of aryl methyl sites for hydroxylation is 2. The molecule has 0 bridgehead atoms. The van der Waals surface area contributed by atoms with Crippen LogP contribution in [0, 0.1) is 6.92 Å². The number of thiazole rings is 1. The monoisotopic (exact) mass is 330 g/mol. The first-order valence-corrected chi connectivity index (χ1v) is 9.00. The van der Waals surface area contributed by atoms with E-state index < -0.39 is 0 Å². The topological polar surface area (TPSA) is 58.1 Å². The minimum atomic E-state index is 0.117. The van der Waals surface area contributed by atoms with Crippen LogP contribution in [0.3, 0.4) is 0 Å².